The molecule has 2 saturated heterocycles. The van der Waals surface area contributed by atoms with Crippen molar-refractivity contribution in [2.75, 3.05) is 63.9 Å². The lowest BCUT2D eigenvalue weighted by Crippen LogP contribution is -2.51. The maximum Gasteiger partial charge on any atom is 0.238 e. The van der Waals surface area contributed by atoms with Crippen LogP contribution in [0.4, 0.5) is 5.69 Å². The van der Waals surface area contributed by atoms with E-state index < -0.39 is 9.84 Å². The molecule has 1 aromatic rings. The molecule has 8 nitrogen and oxygen atoms in total. The van der Waals surface area contributed by atoms with Crippen molar-refractivity contribution < 1.29 is 18.0 Å². The molecule has 0 aromatic heterocycles. The number of hydrogen-bond acceptors (Lipinski definition) is 6. The van der Waals surface area contributed by atoms with Crippen molar-refractivity contribution in [1.29, 1.82) is 0 Å². The number of carbonyl (C=O) groups is 2. The largest absolute Gasteiger partial charge is 0.342 e. The minimum Gasteiger partial charge on any atom is -0.342 e. The lowest BCUT2D eigenvalue weighted by molar-refractivity contribution is -0.132. The summed E-state index contributed by atoms with van der Waals surface area (Å²) >= 11 is 0. The van der Waals surface area contributed by atoms with Gasteiger partial charge in [0.15, 0.2) is 9.84 Å². The Morgan fingerprint density at radius 3 is 2.18 bits per heavy atom. The van der Waals surface area contributed by atoms with Crippen LogP contribution in [-0.4, -0.2) is 93.5 Å². The van der Waals surface area contributed by atoms with Crippen LogP contribution in [0.1, 0.15) is 12.8 Å². The molecule has 0 atom stereocenters. The predicted molar refractivity (Wildman–Crippen MR) is 107 cm³/mol. The Labute approximate surface area is 166 Å². The number of likely N-dealkylation sites (tertiary alicyclic amines) is 1. The Morgan fingerprint density at radius 1 is 0.964 bits per heavy atom. The SMILES string of the molecule is CS(=O)(=O)c1cccc(NC(=O)CN2CCN(CC(=O)N3CCCC3)CC2)c1. The summed E-state index contributed by atoms with van der Waals surface area (Å²) in [6.45, 7) is 5.43. The first-order valence-corrected chi connectivity index (χ1v) is 11.5. The molecule has 0 radical (unpaired) electrons. The number of carbonyl (C=O) groups excluding carboxylic acids is 2. The number of rotatable bonds is 6. The number of benzene rings is 1. The Balaban J connectivity index is 1.43. The fourth-order valence-corrected chi connectivity index (χ4v) is 4.24. The van der Waals surface area contributed by atoms with Gasteiger partial charge < -0.3 is 10.2 Å². The summed E-state index contributed by atoms with van der Waals surface area (Å²) in [5, 5.41) is 2.76. The molecule has 2 amide bonds. The van der Waals surface area contributed by atoms with Crippen LogP contribution in [0.15, 0.2) is 29.2 Å². The van der Waals surface area contributed by atoms with E-state index in [1.165, 1.54) is 12.1 Å². The van der Waals surface area contributed by atoms with Gasteiger partial charge in [-0.3, -0.25) is 19.4 Å². The molecule has 0 aliphatic carbocycles. The maximum atomic E-state index is 12.3. The van der Waals surface area contributed by atoms with Crippen LogP contribution in [-0.2, 0) is 19.4 Å². The molecule has 1 aromatic carbocycles. The van der Waals surface area contributed by atoms with Gasteiger partial charge in [-0.15, -0.1) is 0 Å². The van der Waals surface area contributed by atoms with E-state index in [9.17, 15) is 18.0 Å². The van der Waals surface area contributed by atoms with Gasteiger partial charge in [-0.1, -0.05) is 6.07 Å². The smallest absolute Gasteiger partial charge is 0.238 e. The summed E-state index contributed by atoms with van der Waals surface area (Å²) < 4.78 is 23.3. The fourth-order valence-electron chi connectivity index (χ4n) is 3.57. The molecule has 154 valence electrons. The van der Waals surface area contributed by atoms with E-state index in [-0.39, 0.29) is 23.3 Å². The van der Waals surface area contributed by atoms with Gasteiger partial charge in [-0.25, -0.2) is 8.42 Å². The summed E-state index contributed by atoms with van der Waals surface area (Å²) in [5.41, 5.74) is 0.475. The highest BCUT2D eigenvalue weighted by molar-refractivity contribution is 7.90. The highest BCUT2D eigenvalue weighted by atomic mass is 32.2. The van der Waals surface area contributed by atoms with Gasteiger partial charge in [0.05, 0.1) is 18.0 Å². The highest BCUT2D eigenvalue weighted by Crippen LogP contribution is 2.15. The van der Waals surface area contributed by atoms with E-state index in [1.54, 1.807) is 12.1 Å². The van der Waals surface area contributed by atoms with E-state index in [4.69, 9.17) is 0 Å². The lowest BCUT2D eigenvalue weighted by atomic mass is 10.3. The third kappa shape index (κ3) is 5.76. The Kier molecular flexibility index (Phi) is 6.69. The van der Waals surface area contributed by atoms with Crippen LogP contribution in [0, 0.1) is 0 Å². The molecule has 2 aliphatic heterocycles. The minimum atomic E-state index is -3.31. The summed E-state index contributed by atoms with van der Waals surface area (Å²) in [6.07, 6.45) is 3.34. The van der Waals surface area contributed by atoms with Crippen LogP contribution in [0.3, 0.4) is 0 Å². The molecule has 2 aliphatic rings. The normalized spacial score (nSPS) is 19.0. The van der Waals surface area contributed by atoms with Crippen molar-refractivity contribution in [2.45, 2.75) is 17.7 Å². The van der Waals surface area contributed by atoms with Crippen molar-refractivity contribution in [3.8, 4) is 0 Å². The monoisotopic (exact) mass is 408 g/mol. The molecule has 0 unspecified atom stereocenters. The van der Waals surface area contributed by atoms with Crippen LogP contribution in [0.5, 0.6) is 0 Å². The van der Waals surface area contributed by atoms with Crippen molar-refractivity contribution in [3.63, 3.8) is 0 Å². The van der Waals surface area contributed by atoms with E-state index in [1.807, 2.05) is 9.80 Å². The zero-order valence-corrected chi connectivity index (χ0v) is 17.1. The van der Waals surface area contributed by atoms with Gasteiger partial charge in [0.1, 0.15) is 0 Å². The first-order chi connectivity index (χ1) is 13.3. The van der Waals surface area contributed by atoms with Gasteiger partial charge in [-0.05, 0) is 31.0 Å². The molecule has 9 heteroatoms. The third-order valence-electron chi connectivity index (χ3n) is 5.20. The molecule has 2 heterocycles. The third-order valence-corrected chi connectivity index (χ3v) is 6.31. The first-order valence-electron chi connectivity index (χ1n) is 9.64. The fraction of sp³-hybridized carbons (Fsp3) is 0.579. The van der Waals surface area contributed by atoms with E-state index in [2.05, 4.69) is 10.2 Å². The number of hydrogen-bond donors (Lipinski definition) is 1. The molecule has 0 spiro atoms. The molecule has 3 rings (SSSR count). The topological polar surface area (TPSA) is 90.0 Å². The molecule has 0 saturated carbocycles. The summed E-state index contributed by atoms with van der Waals surface area (Å²) in [4.78, 5) is 30.8. The van der Waals surface area contributed by atoms with Crippen molar-refractivity contribution in [3.05, 3.63) is 24.3 Å². The number of piperazine rings is 1. The average molecular weight is 409 g/mol. The van der Waals surface area contributed by atoms with E-state index >= 15 is 0 Å². The zero-order chi connectivity index (χ0) is 20.1. The van der Waals surface area contributed by atoms with Crippen LogP contribution in [0.25, 0.3) is 0 Å². The van der Waals surface area contributed by atoms with Gasteiger partial charge in [-0.2, -0.15) is 0 Å². The summed E-state index contributed by atoms with van der Waals surface area (Å²) in [6, 6.07) is 6.26. The number of nitrogens with zero attached hydrogens (tertiary/aromatic N) is 3. The second kappa shape index (κ2) is 9.02. The first kappa shape index (κ1) is 20.8. The number of amides is 2. The molecule has 1 N–H and O–H groups in total. The standard InChI is InChI=1S/C19H28N4O4S/c1-28(26,27)17-6-4-5-16(13-17)20-18(24)14-21-9-11-22(12-10-21)15-19(25)23-7-2-3-8-23/h4-6,13H,2-3,7-12,14-15H2,1H3,(H,20,24). The summed E-state index contributed by atoms with van der Waals surface area (Å²) in [5.74, 6) is 0.0293. The number of anilines is 1. The highest BCUT2D eigenvalue weighted by Gasteiger charge is 2.24. The number of sulfone groups is 1. The second-order valence-corrected chi connectivity index (χ2v) is 9.50. The Bertz CT molecular complexity index is 813. The lowest BCUT2D eigenvalue weighted by Gasteiger charge is -2.34. The Morgan fingerprint density at radius 2 is 1.57 bits per heavy atom. The van der Waals surface area contributed by atoms with Crippen molar-refractivity contribution in [1.82, 2.24) is 14.7 Å². The molecular formula is C19H28N4O4S. The maximum absolute atomic E-state index is 12.3. The van der Waals surface area contributed by atoms with Gasteiger partial charge in [0.2, 0.25) is 11.8 Å². The van der Waals surface area contributed by atoms with Crippen molar-refractivity contribution >= 4 is 27.3 Å². The molecular weight excluding hydrogens is 380 g/mol. The van der Waals surface area contributed by atoms with E-state index in [0.29, 0.717) is 12.2 Å². The molecule has 28 heavy (non-hydrogen) atoms. The van der Waals surface area contributed by atoms with Gasteiger partial charge in [0.25, 0.3) is 0 Å². The predicted octanol–water partition coefficient (Wildman–Crippen LogP) is 0.269. The summed E-state index contributed by atoms with van der Waals surface area (Å²) in [7, 11) is -3.31. The van der Waals surface area contributed by atoms with Crippen LogP contribution >= 0.6 is 0 Å². The molecule has 0 bridgehead atoms. The Hall–Kier alpha value is -1.97. The second-order valence-electron chi connectivity index (χ2n) is 7.49. The van der Waals surface area contributed by atoms with Gasteiger partial charge >= 0.3 is 0 Å². The average Bonchev–Trinajstić information content (AvgIpc) is 3.18. The molecule has 2 fully saturated rings. The van der Waals surface area contributed by atoms with Crippen molar-refractivity contribution in [2.24, 2.45) is 0 Å². The van der Waals surface area contributed by atoms with Crippen LogP contribution < -0.4 is 5.32 Å². The van der Waals surface area contributed by atoms with Gasteiger partial charge in [0, 0.05) is 51.2 Å². The number of nitrogens with one attached hydrogen (secondary N) is 1. The zero-order valence-electron chi connectivity index (χ0n) is 16.3. The van der Waals surface area contributed by atoms with E-state index in [0.717, 1.165) is 58.4 Å². The van der Waals surface area contributed by atoms with Crippen LogP contribution in [0.2, 0.25) is 0 Å². The minimum absolute atomic E-state index is 0.174. The quantitative estimate of drug-likeness (QED) is 0.727.